The molecule has 0 aliphatic carbocycles. The van der Waals surface area contributed by atoms with Crippen LogP contribution in [0.15, 0.2) is 43.1 Å². The van der Waals surface area contributed by atoms with E-state index in [9.17, 15) is 9.59 Å². The van der Waals surface area contributed by atoms with Crippen molar-refractivity contribution < 1.29 is 0 Å². The highest BCUT2D eigenvalue weighted by Gasteiger charge is 2.24. The molecule has 6 heteroatoms. The molecule has 4 heterocycles. The molecule has 0 spiro atoms. The number of rotatable bonds is 54. The van der Waals surface area contributed by atoms with E-state index in [1.165, 1.54) is 308 Å². The van der Waals surface area contributed by atoms with Crippen LogP contribution in [0.1, 0.15) is 360 Å². The summed E-state index contributed by atoms with van der Waals surface area (Å²) in [4.78, 5) is 29.8. The van der Waals surface area contributed by atoms with Gasteiger partial charge in [-0.15, -0.1) is 0 Å². The van der Waals surface area contributed by atoms with Gasteiger partial charge in [-0.2, -0.15) is 0 Å². The third kappa shape index (κ3) is 26.7. The lowest BCUT2D eigenvalue weighted by Gasteiger charge is -2.18. The summed E-state index contributed by atoms with van der Waals surface area (Å²) in [5.41, 5.74) is 3.86. The third-order valence-corrected chi connectivity index (χ3v) is 19.7. The van der Waals surface area contributed by atoms with Gasteiger partial charge in [0.2, 0.25) is 0 Å². The highest BCUT2D eigenvalue weighted by atomic mass is 79.9. The van der Waals surface area contributed by atoms with E-state index in [4.69, 9.17) is 0 Å². The van der Waals surface area contributed by atoms with E-state index in [1.807, 2.05) is 20.9 Å². The molecule has 0 N–H and O–H groups in total. The molecule has 0 bridgehead atoms. The summed E-state index contributed by atoms with van der Waals surface area (Å²) in [5.74, 6) is 1.58. The first kappa shape index (κ1) is 68.8. The number of pyridine rings is 2. The smallest absolute Gasteiger partial charge is 0.264 e. The minimum atomic E-state index is -0.0413. The molecule has 0 atom stereocenters. The summed E-state index contributed by atoms with van der Waals surface area (Å²) in [6.45, 7) is 9.24. The Hall–Kier alpha value is -1.66. The van der Waals surface area contributed by atoms with Crippen molar-refractivity contribution in [1.82, 2.24) is 8.80 Å². The summed E-state index contributed by atoms with van der Waals surface area (Å²) >= 11 is 7.60. The van der Waals surface area contributed by atoms with Crippen molar-refractivity contribution in [3.8, 4) is 0 Å². The van der Waals surface area contributed by atoms with Gasteiger partial charge in [0.25, 0.3) is 11.1 Å². The van der Waals surface area contributed by atoms with Crippen LogP contribution < -0.4 is 11.1 Å². The van der Waals surface area contributed by atoms with Gasteiger partial charge in [0.1, 0.15) is 0 Å². The van der Waals surface area contributed by atoms with Gasteiger partial charge in [0.15, 0.2) is 0 Å². The number of aromatic nitrogens is 2. The molecule has 4 aromatic rings. The number of hydrogen-bond acceptors (Lipinski definition) is 2. The maximum absolute atomic E-state index is 14.9. The van der Waals surface area contributed by atoms with Crippen molar-refractivity contribution >= 4 is 53.7 Å². The molecule has 0 saturated heterocycles. The molecule has 0 aromatic carbocycles. The lowest BCUT2D eigenvalue weighted by molar-refractivity contribution is 0.368. The van der Waals surface area contributed by atoms with Crippen LogP contribution in [0.5, 0.6) is 0 Å². The van der Waals surface area contributed by atoms with Gasteiger partial charge in [-0.1, -0.05) is 336 Å². The summed E-state index contributed by atoms with van der Waals surface area (Å²) in [5, 5.41) is 1.34. The molecule has 446 valence electrons. The summed E-state index contributed by atoms with van der Waals surface area (Å²) in [6.07, 6.45) is 69.9. The molecule has 0 unspecified atom stereocenters. The normalized spacial score (nSPS) is 12.2. The fourth-order valence-electron chi connectivity index (χ4n) is 13.5. The molecule has 0 aliphatic heterocycles. The lowest BCUT2D eigenvalue weighted by Crippen LogP contribution is -2.24. The Morgan fingerprint density at radius 3 is 0.731 bits per heavy atom. The molecule has 4 aromatic heterocycles. The summed E-state index contributed by atoms with van der Waals surface area (Å²) in [6, 6.07) is 8.20. The quantitative estimate of drug-likeness (QED) is 0.0414. The molecular formula is C72H122Br2N2O2. The monoisotopic (exact) mass is 1200 g/mol. The third-order valence-electron chi connectivity index (χ3n) is 18.4. The molecule has 0 amide bonds. The topological polar surface area (TPSA) is 43.0 Å². The largest absolute Gasteiger partial charge is 0.270 e. The van der Waals surface area contributed by atoms with Crippen molar-refractivity contribution in [2.24, 2.45) is 11.8 Å². The SMILES string of the molecule is CCCCCCCCCCCCC(CCCCCCCCCCCC)CCCCc1c2c(=O)n3c(Br)ccc3c(CCCCC(CCCCCCCCCCCC)CCCCCCCCCCCC)c2c(=O)n2c(Br)ccc12. The zero-order valence-corrected chi connectivity index (χ0v) is 54.9. The van der Waals surface area contributed by atoms with Crippen LogP contribution in [0.2, 0.25) is 0 Å². The molecule has 0 aliphatic rings. The summed E-state index contributed by atoms with van der Waals surface area (Å²) < 4.78 is 5.33. The van der Waals surface area contributed by atoms with Crippen LogP contribution in [0, 0.1) is 11.8 Å². The van der Waals surface area contributed by atoms with Gasteiger partial charge in [-0.25, -0.2) is 0 Å². The predicted molar refractivity (Wildman–Crippen MR) is 353 cm³/mol. The Kier molecular flexibility index (Phi) is 39.6. The van der Waals surface area contributed by atoms with Crippen LogP contribution in [-0.4, -0.2) is 8.80 Å². The highest BCUT2D eigenvalue weighted by Crippen LogP contribution is 2.33. The van der Waals surface area contributed by atoms with E-state index >= 15 is 0 Å². The molecule has 0 radical (unpaired) electrons. The van der Waals surface area contributed by atoms with E-state index in [-0.39, 0.29) is 11.1 Å². The van der Waals surface area contributed by atoms with Gasteiger partial charge in [0, 0.05) is 0 Å². The van der Waals surface area contributed by atoms with E-state index in [1.54, 1.807) is 0 Å². The second kappa shape index (κ2) is 44.9. The van der Waals surface area contributed by atoms with E-state index in [0.717, 1.165) is 68.9 Å². The number of halogens is 2. The first-order valence-electron chi connectivity index (χ1n) is 34.7. The van der Waals surface area contributed by atoms with Gasteiger partial charge >= 0.3 is 0 Å². The Morgan fingerprint density at radius 1 is 0.295 bits per heavy atom. The van der Waals surface area contributed by atoms with Crippen LogP contribution in [0.3, 0.4) is 0 Å². The van der Waals surface area contributed by atoms with Crippen LogP contribution in [0.4, 0.5) is 0 Å². The Bertz CT molecular complexity index is 1990. The molecule has 0 saturated carbocycles. The van der Waals surface area contributed by atoms with Crippen molar-refractivity contribution in [2.45, 2.75) is 362 Å². The van der Waals surface area contributed by atoms with E-state index in [0.29, 0.717) is 10.8 Å². The van der Waals surface area contributed by atoms with Crippen molar-refractivity contribution in [2.75, 3.05) is 0 Å². The first-order chi connectivity index (χ1) is 38.4. The highest BCUT2D eigenvalue weighted by molar-refractivity contribution is 9.10. The summed E-state index contributed by atoms with van der Waals surface area (Å²) in [7, 11) is 0. The van der Waals surface area contributed by atoms with Crippen molar-refractivity contribution in [3.05, 3.63) is 65.3 Å². The Labute approximate surface area is 498 Å². The Balaban J connectivity index is 1.42. The average Bonchev–Trinajstić information content (AvgIpc) is 4.18. The zero-order valence-electron chi connectivity index (χ0n) is 51.7. The predicted octanol–water partition coefficient (Wildman–Crippen LogP) is 24.9. The molecular weight excluding hydrogens is 1080 g/mol. The van der Waals surface area contributed by atoms with Crippen LogP contribution in [0.25, 0.3) is 21.8 Å². The average molecular weight is 1210 g/mol. The van der Waals surface area contributed by atoms with E-state index in [2.05, 4.69) is 71.7 Å². The number of aryl methyl sites for hydroxylation is 2. The van der Waals surface area contributed by atoms with Gasteiger partial charge in [-0.05, 0) is 105 Å². The maximum atomic E-state index is 14.9. The molecule has 0 fully saturated rings. The number of fused-ring (bicyclic) bond motifs is 3. The van der Waals surface area contributed by atoms with Crippen LogP contribution >= 0.6 is 31.9 Å². The van der Waals surface area contributed by atoms with Crippen molar-refractivity contribution in [1.29, 1.82) is 0 Å². The number of hydrogen-bond donors (Lipinski definition) is 0. The molecule has 4 rings (SSSR count). The number of unbranched alkanes of at least 4 members (excludes halogenated alkanes) is 38. The Morgan fingerprint density at radius 2 is 0.500 bits per heavy atom. The van der Waals surface area contributed by atoms with Crippen molar-refractivity contribution in [3.63, 3.8) is 0 Å². The first-order valence-corrected chi connectivity index (χ1v) is 36.3. The molecule has 78 heavy (non-hydrogen) atoms. The minimum absolute atomic E-state index is 0.0413. The van der Waals surface area contributed by atoms with Gasteiger partial charge < -0.3 is 0 Å². The zero-order chi connectivity index (χ0) is 55.7. The maximum Gasteiger partial charge on any atom is 0.264 e. The number of nitrogens with zero attached hydrogens (tertiary/aromatic N) is 2. The second-order valence-corrected chi connectivity index (χ2v) is 26.8. The minimum Gasteiger partial charge on any atom is -0.270 e. The van der Waals surface area contributed by atoms with Gasteiger partial charge in [-0.3, -0.25) is 18.4 Å². The fourth-order valence-corrected chi connectivity index (χ4v) is 14.5. The molecule has 4 nitrogen and oxygen atoms in total. The standard InChI is InChI=1S/C72H122Br2N2O2/c1-5-9-13-17-21-25-29-33-37-41-49-61(50-42-38-34-30-26-22-18-14-10-6-2)53-45-47-55-63-65-57-59-67(73)75(65)72(78)70-64(66-58-60-68(74)76(66)71(77)69(63)70)56-48-46-54-62(51-43-39-35-31-27-23-19-15-11-7-3)52-44-40-36-32-28-24-20-16-12-8-4/h57-62H,5-56H2,1-4H3. The lowest BCUT2D eigenvalue weighted by atomic mass is 9.88. The fraction of sp³-hybridized carbons (Fsp3) is 0.806. The van der Waals surface area contributed by atoms with E-state index < -0.39 is 0 Å². The van der Waals surface area contributed by atoms with Gasteiger partial charge in [0.05, 0.1) is 31.0 Å². The van der Waals surface area contributed by atoms with Crippen LogP contribution in [-0.2, 0) is 12.8 Å². The second-order valence-electron chi connectivity index (χ2n) is 25.2.